The van der Waals surface area contributed by atoms with Crippen molar-refractivity contribution in [2.24, 2.45) is 11.1 Å². The predicted molar refractivity (Wildman–Crippen MR) is 88.9 cm³/mol. The van der Waals surface area contributed by atoms with Gasteiger partial charge in [-0.05, 0) is 24.3 Å². The summed E-state index contributed by atoms with van der Waals surface area (Å²) in [7, 11) is 0. The highest BCUT2D eigenvalue weighted by Gasteiger charge is 2.17. The molecule has 0 fully saturated rings. The Hall–Kier alpha value is -0.860. The molecule has 2 nitrogen and oxygen atoms in total. The molecular weight excluding hydrogens is 244 g/mol. The molecule has 3 N–H and O–H groups in total. The first-order valence-electron chi connectivity index (χ1n) is 7.97. The molecule has 1 rings (SSSR count). The molecule has 0 aliphatic rings. The monoisotopic (exact) mass is 276 g/mol. The predicted octanol–water partition coefficient (Wildman–Crippen LogP) is 4.19. The maximum atomic E-state index is 6.23. The van der Waals surface area contributed by atoms with Crippen LogP contribution in [-0.2, 0) is 0 Å². The Morgan fingerprint density at radius 3 is 2.40 bits per heavy atom. The maximum Gasteiger partial charge on any atom is 0.0421 e. The van der Waals surface area contributed by atoms with E-state index in [1.54, 1.807) is 0 Å². The van der Waals surface area contributed by atoms with Gasteiger partial charge in [0.25, 0.3) is 0 Å². The fourth-order valence-electron chi connectivity index (χ4n) is 2.44. The van der Waals surface area contributed by atoms with Crippen molar-refractivity contribution in [3.63, 3.8) is 0 Å². The quantitative estimate of drug-likeness (QED) is 0.664. The molecule has 1 aromatic rings. The molecule has 0 aliphatic carbocycles. The number of benzene rings is 1. The average Bonchev–Trinajstić information content (AvgIpc) is 2.39. The van der Waals surface area contributed by atoms with Gasteiger partial charge in [-0.25, -0.2) is 0 Å². The van der Waals surface area contributed by atoms with Crippen molar-refractivity contribution in [1.29, 1.82) is 0 Å². The second-order valence-corrected chi connectivity index (χ2v) is 6.77. The van der Waals surface area contributed by atoms with Gasteiger partial charge >= 0.3 is 0 Å². The number of rotatable bonds is 9. The molecule has 0 spiro atoms. The summed E-state index contributed by atoms with van der Waals surface area (Å²) in [6, 6.07) is 8.61. The highest BCUT2D eigenvalue weighted by Crippen LogP contribution is 2.22. The van der Waals surface area contributed by atoms with E-state index in [0.717, 1.165) is 13.1 Å². The summed E-state index contributed by atoms with van der Waals surface area (Å²) in [6.45, 7) is 10.9. The van der Waals surface area contributed by atoms with Crippen LogP contribution in [-0.4, -0.2) is 13.1 Å². The van der Waals surface area contributed by atoms with Gasteiger partial charge in [0.2, 0.25) is 0 Å². The maximum absolute atomic E-state index is 6.23. The summed E-state index contributed by atoms with van der Waals surface area (Å²) in [4.78, 5) is 0. The molecule has 0 amide bonds. The minimum absolute atomic E-state index is 0.0852. The number of aryl methyl sites for hydroxylation is 1. The summed E-state index contributed by atoms with van der Waals surface area (Å²) in [5.41, 5.74) is 9.09. The van der Waals surface area contributed by atoms with Crippen molar-refractivity contribution in [1.82, 2.24) is 5.32 Å². The standard InChI is InChI=1S/C18H32N2/c1-5-6-7-12-18(3,4)14-20-13-17(19)16-10-8-15(2)9-11-16/h8-11,17,20H,5-7,12-14,19H2,1-4H3. The zero-order chi connectivity index (χ0) is 15.0. The molecule has 2 heteroatoms. The van der Waals surface area contributed by atoms with Crippen molar-refractivity contribution in [3.05, 3.63) is 35.4 Å². The molecule has 0 saturated carbocycles. The largest absolute Gasteiger partial charge is 0.323 e. The van der Waals surface area contributed by atoms with Crippen molar-refractivity contribution >= 4 is 0 Å². The van der Waals surface area contributed by atoms with Crippen LogP contribution in [0.15, 0.2) is 24.3 Å². The van der Waals surface area contributed by atoms with E-state index in [0.29, 0.717) is 5.41 Å². The first-order valence-corrected chi connectivity index (χ1v) is 7.97. The van der Waals surface area contributed by atoms with Gasteiger partial charge in [0.15, 0.2) is 0 Å². The van der Waals surface area contributed by atoms with Crippen LogP contribution in [0.25, 0.3) is 0 Å². The lowest BCUT2D eigenvalue weighted by atomic mass is 9.87. The summed E-state index contributed by atoms with van der Waals surface area (Å²) in [5.74, 6) is 0. The lowest BCUT2D eigenvalue weighted by Crippen LogP contribution is -2.34. The van der Waals surface area contributed by atoms with E-state index in [4.69, 9.17) is 5.73 Å². The van der Waals surface area contributed by atoms with Gasteiger partial charge in [-0.3, -0.25) is 0 Å². The third-order valence-electron chi connectivity index (χ3n) is 3.93. The molecule has 0 aromatic heterocycles. The molecule has 1 atom stereocenters. The van der Waals surface area contributed by atoms with E-state index >= 15 is 0 Å². The Labute approximate surface area is 125 Å². The van der Waals surface area contributed by atoms with E-state index in [2.05, 4.69) is 57.3 Å². The van der Waals surface area contributed by atoms with Gasteiger partial charge < -0.3 is 11.1 Å². The Morgan fingerprint density at radius 1 is 1.15 bits per heavy atom. The van der Waals surface area contributed by atoms with Gasteiger partial charge in [0.05, 0.1) is 0 Å². The van der Waals surface area contributed by atoms with Crippen molar-refractivity contribution in [2.45, 2.75) is 59.4 Å². The topological polar surface area (TPSA) is 38.0 Å². The minimum Gasteiger partial charge on any atom is -0.323 e. The number of unbranched alkanes of at least 4 members (excludes halogenated alkanes) is 2. The van der Waals surface area contributed by atoms with Crippen LogP contribution in [0, 0.1) is 12.3 Å². The first-order chi connectivity index (χ1) is 9.44. The van der Waals surface area contributed by atoms with Gasteiger partial charge in [0, 0.05) is 19.1 Å². The third-order valence-corrected chi connectivity index (χ3v) is 3.93. The molecule has 0 radical (unpaired) electrons. The minimum atomic E-state index is 0.0852. The van der Waals surface area contributed by atoms with Crippen molar-refractivity contribution in [2.75, 3.05) is 13.1 Å². The smallest absolute Gasteiger partial charge is 0.0421 e. The second kappa shape index (κ2) is 8.43. The average molecular weight is 276 g/mol. The molecule has 0 saturated heterocycles. The van der Waals surface area contributed by atoms with Crippen LogP contribution in [0.1, 0.15) is 63.6 Å². The molecule has 20 heavy (non-hydrogen) atoms. The first kappa shape index (κ1) is 17.2. The van der Waals surface area contributed by atoms with E-state index < -0.39 is 0 Å². The molecular formula is C18H32N2. The Balaban J connectivity index is 2.30. The third kappa shape index (κ3) is 6.53. The Morgan fingerprint density at radius 2 is 1.80 bits per heavy atom. The van der Waals surface area contributed by atoms with E-state index in [-0.39, 0.29) is 6.04 Å². The van der Waals surface area contributed by atoms with Gasteiger partial charge in [-0.2, -0.15) is 0 Å². The zero-order valence-corrected chi connectivity index (χ0v) is 13.7. The van der Waals surface area contributed by atoms with Gasteiger partial charge in [-0.15, -0.1) is 0 Å². The van der Waals surface area contributed by atoms with Gasteiger partial charge in [0.1, 0.15) is 0 Å². The van der Waals surface area contributed by atoms with Crippen LogP contribution < -0.4 is 11.1 Å². The number of nitrogens with two attached hydrogens (primary N) is 1. The zero-order valence-electron chi connectivity index (χ0n) is 13.7. The van der Waals surface area contributed by atoms with Gasteiger partial charge in [-0.1, -0.05) is 69.9 Å². The molecule has 0 aliphatic heterocycles. The summed E-state index contributed by atoms with van der Waals surface area (Å²) in [6.07, 6.45) is 5.25. The fourth-order valence-corrected chi connectivity index (χ4v) is 2.44. The van der Waals surface area contributed by atoms with Crippen molar-refractivity contribution in [3.8, 4) is 0 Å². The summed E-state index contributed by atoms with van der Waals surface area (Å²) < 4.78 is 0. The van der Waals surface area contributed by atoms with Crippen LogP contribution in [0.5, 0.6) is 0 Å². The molecule has 0 heterocycles. The Bertz CT molecular complexity index is 368. The van der Waals surface area contributed by atoms with Crippen LogP contribution >= 0.6 is 0 Å². The lowest BCUT2D eigenvalue weighted by molar-refractivity contribution is 0.300. The van der Waals surface area contributed by atoms with Crippen molar-refractivity contribution < 1.29 is 0 Å². The number of hydrogen-bond donors (Lipinski definition) is 2. The van der Waals surface area contributed by atoms with E-state index in [1.165, 1.54) is 36.8 Å². The van der Waals surface area contributed by atoms with Crippen LogP contribution in [0.3, 0.4) is 0 Å². The number of hydrogen-bond acceptors (Lipinski definition) is 2. The SMILES string of the molecule is CCCCCC(C)(C)CNCC(N)c1ccc(C)cc1. The van der Waals surface area contributed by atoms with E-state index in [9.17, 15) is 0 Å². The van der Waals surface area contributed by atoms with E-state index in [1.807, 2.05) is 0 Å². The summed E-state index contributed by atoms with van der Waals surface area (Å²) in [5, 5.41) is 3.54. The van der Waals surface area contributed by atoms with Crippen LogP contribution in [0.4, 0.5) is 0 Å². The molecule has 1 aromatic carbocycles. The highest BCUT2D eigenvalue weighted by atomic mass is 14.9. The second-order valence-electron chi connectivity index (χ2n) is 6.77. The molecule has 1 unspecified atom stereocenters. The normalized spacial score (nSPS) is 13.4. The molecule has 0 bridgehead atoms. The highest BCUT2D eigenvalue weighted by molar-refractivity contribution is 5.24. The Kier molecular flexibility index (Phi) is 7.25. The lowest BCUT2D eigenvalue weighted by Gasteiger charge is -2.26. The summed E-state index contributed by atoms with van der Waals surface area (Å²) >= 11 is 0. The van der Waals surface area contributed by atoms with Crippen LogP contribution in [0.2, 0.25) is 0 Å². The fraction of sp³-hybridized carbons (Fsp3) is 0.667. The molecule has 114 valence electrons. The number of nitrogens with one attached hydrogen (secondary N) is 1.